The van der Waals surface area contributed by atoms with Crippen LogP contribution < -0.4 is 0 Å². The second-order valence-corrected chi connectivity index (χ2v) is 5.90. The average Bonchev–Trinajstić information content (AvgIpc) is 3.05. The molecule has 0 aromatic carbocycles. The van der Waals surface area contributed by atoms with Crippen molar-refractivity contribution in [2.75, 3.05) is 19.7 Å². The zero-order valence-corrected chi connectivity index (χ0v) is 13.4. The summed E-state index contributed by atoms with van der Waals surface area (Å²) in [4.78, 5) is 19.0. The number of carbonyl (C=O) groups is 1. The number of piperidine rings is 1. The first kappa shape index (κ1) is 15.7. The number of rotatable bonds is 4. The Balaban J connectivity index is 1.88. The SMILES string of the molecule is CCc1c(C(=O)N2CCCC(CO)C2)cnn1-c1ccccn1. The van der Waals surface area contributed by atoms with Crippen LogP contribution in [0.2, 0.25) is 0 Å². The first-order valence-electron chi connectivity index (χ1n) is 8.13. The molecular weight excluding hydrogens is 292 g/mol. The monoisotopic (exact) mass is 314 g/mol. The van der Waals surface area contributed by atoms with Crippen LogP contribution in [-0.2, 0) is 6.42 Å². The molecule has 0 aliphatic carbocycles. The third kappa shape index (κ3) is 3.12. The molecule has 1 atom stereocenters. The zero-order valence-electron chi connectivity index (χ0n) is 13.4. The van der Waals surface area contributed by atoms with Crippen LogP contribution >= 0.6 is 0 Å². The van der Waals surface area contributed by atoms with Gasteiger partial charge in [-0.25, -0.2) is 9.67 Å². The lowest BCUT2D eigenvalue weighted by Crippen LogP contribution is -2.41. The fourth-order valence-electron chi connectivity index (χ4n) is 3.14. The maximum absolute atomic E-state index is 12.9. The molecule has 23 heavy (non-hydrogen) atoms. The fraction of sp³-hybridized carbons (Fsp3) is 0.471. The molecule has 0 radical (unpaired) electrons. The Hall–Kier alpha value is -2.21. The summed E-state index contributed by atoms with van der Waals surface area (Å²) in [6, 6.07) is 5.64. The smallest absolute Gasteiger partial charge is 0.257 e. The summed E-state index contributed by atoms with van der Waals surface area (Å²) in [6.07, 6.45) is 5.97. The van der Waals surface area contributed by atoms with E-state index in [1.807, 2.05) is 30.0 Å². The number of amides is 1. The van der Waals surface area contributed by atoms with Crippen LogP contribution in [0.25, 0.3) is 5.82 Å². The van der Waals surface area contributed by atoms with Crippen molar-refractivity contribution in [3.8, 4) is 5.82 Å². The van der Waals surface area contributed by atoms with E-state index in [1.165, 1.54) is 0 Å². The maximum atomic E-state index is 12.9. The van der Waals surface area contributed by atoms with E-state index in [9.17, 15) is 9.90 Å². The van der Waals surface area contributed by atoms with E-state index < -0.39 is 0 Å². The van der Waals surface area contributed by atoms with Gasteiger partial charge in [0.1, 0.15) is 0 Å². The third-order valence-electron chi connectivity index (χ3n) is 4.36. The molecule has 6 nitrogen and oxygen atoms in total. The molecule has 1 aliphatic rings. The van der Waals surface area contributed by atoms with Gasteiger partial charge in [-0.15, -0.1) is 0 Å². The lowest BCUT2D eigenvalue weighted by molar-refractivity contribution is 0.0619. The lowest BCUT2D eigenvalue weighted by atomic mass is 9.98. The van der Waals surface area contributed by atoms with Crippen molar-refractivity contribution >= 4 is 5.91 Å². The average molecular weight is 314 g/mol. The predicted molar refractivity (Wildman–Crippen MR) is 86.5 cm³/mol. The number of pyridine rings is 1. The van der Waals surface area contributed by atoms with Crippen molar-refractivity contribution in [1.29, 1.82) is 0 Å². The summed E-state index contributed by atoms with van der Waals surface area (Å²) in [5, 5.41) is 13.7. The number of aromatic nitrogens is 3. The van der Waals surface area contributed by atoms with Gasteiger partial charge in [0.2, 0.25) is 0 Å². The fourth-order valence-corrected chi connectivity index (χ4v) is 3.14. The third-order valence-corrected chi connectivity index (χ3v) is 4.36. The number of likely N-dealkylation sites (tertiary alicyclic amines) is 1. The highest BCUT2D eigenvalue weighted by Crippen LogP contribution is 2.21. The Labute approximate surface area is 135 Å². The summed E-state index contributed by atoms with van der Waals surface area (Å²) >= 11 is 0. The van der Waals surface area contributed by atoms with Gasteiger partial charge >= 0.3 is 0 Å². The molecule has 1 aliphatic heterocycles. The molecule has 3 rings (SSSR count). The van der Waals surface area contributed by atoms with Gasteiger partial charge in [-0.3, -0.25) is 4.79 Å². The van der Waals surface area contributed by atoms with E-state index in [-0.39, 0.29) is 18.4 Å². The van der Waals surface area contributed by atoms with Gasteiger partial charge in [0.05, 0.1) is 17.5 Å². The number of hydrogen-bond donors (Lipinski definition) is 1. The van der Waals surface area contributed by atoms with E-state index in [0.717, 1.165) is 30.9 Å². The molecule has 1 amide bonds. The number of aliphatic hydroxyl groups is 1. The molecule has 2 aromatic rings. The first-order chi connectivity index (χ1) is 11.2. The highest BCUT2D eigenvalue weighted by Gasteiger charge is 2.27. The molecule has 1 fully saturated rings. The number of aliphatic hydroxyl groups excluding tert-OH is 1. The summed E-state index contributed by atoms with van der Waals surface area (Å²) in [7, 11) is 0. The quantitative estimate of drug-likeness (QED) is 0.932. The van der Waals surface area contributed by atoms with Crippen LogP contribution in [0.1, 0.15) is 35.8 Å². The standard InChI is InChI=1S/C17H22N4O2/c1-2-15-14(10-19-21(15)16-7-3-4-8-18-16)17(23)20-9-5-6-13(11-20)12-22/h3-4,7-8,10,13,22H,2,5-6,9,11-12H2,1H3. The molecule has 6 heteroatoms. The van der Waals surface area contributed by atoms with Crippen LogP contribution in [0.3, 0.4) is 0 Å². The maximum Gasteiger partial charge on any atom is 0.257 e. The first-order valence-corrected chi connectivity index (χ1v) is 8.13. The highest BCUT2D eigenvalue weighted by atomic mass is 16.3. The summed E-state index contributed by atoms with van der Waals surface area (Å²) in [5.41, 5.74) is 1.51. The van der Waals surface area contributed by atoms with Gasteiger partial charge in [-0.2, -0.15) is 5.10 Å². The predicted octanol–water partition coefficient (Wildman–Crippen LogP) is 1.67. The van der Waals surface area contributed by atoms with Crippen molar-refractivity contribution in [2.24, 2.45) is 5.92 Å². The van der Waals surface area contributed by atoms with Gasteiger partial charge in [-0.05, 0) is 37.3 Å². The number of carbonyl (C=O) groups excluding carboxylic acids is 1. The molecule has 0 spiro atoms. The summed E-state index contributed by atoms with van der Waals surface area (Å²) < 4.78 is 1.74. The number of nitrogens with zero attached hydrogens (tertiary/aromatic N) is 4. The highest BCUT2D eigenvalue weighted by molar-refractivity contribution is 5.95. The Kier molecular flexibility index (Phi) is 4.71. The largest absolute Gasteiger partial charge is 0.396 e. The Morgan fingerprint density at radius 3 is 3.00 bits per heavy atom. The van der Waals surface area contributed by atoms with Gasteiger partial charge in [0.25, 0.3) is 5.91 Å². The van der Waals surface area contributed by atoms with Crippen LogP contribution in [0, 0.1) is 5.92 Å². The molecular formula is C17H22N4O2. The molecule has 0 saturated carbocycles. The lowest BCUT2D eigenvalue weighted by Gasteiger charge is -2.31. The summed E-state index contributed by atoms with van der Waals surface area (Å²) in [5.74, 6) is 0.904. The van der Waals surface area contributed by atoms with Crippen molar-refractivity contribution < 1.29 is 9.90 Å². The van der Waals surface area contributed by atoms with Crippen molar-refractivity contribution in [3.63, 3.8) is 0 Å². The van der Waals surface area contributed by atoms with E-state index in [4.69, 9.17) is 0 Å². The van der Waals surface area contributed by atoms with Crippen LogP contribution in [0.5, 0.6) is 0 Å². The molecule has 3 heterocycles. The van der Waals surface area contributed by atoms with Crippen LogP contribution in [-0.4, -0.2) is 50.4 Å². The Bertz CT molecular complexity index is 668. The minimum Gasteiger partial charge on any atom is -0.396 e. The normalized spacial score (nSPS) is 18.2. The van der Waals surface area contributed by atoms with Crippen LogP contribution in [0.15, 0.2) is 30.6 Å². The number of hydrogen-bond acceptors (Lipinski definition) is 4. The topological polar surface area (TPSA) is 71.2 Å². The molecule has 1 unspecified atom stereocenters. The molecule has 0 bridgehead atoms. The van der Waals surface area contributed by atoms with Gasteiger partial charge < -0.3 is 10.0 Å². The molecule has 2 aromatic heterocycles. The Morgan fingerprint density at radius 2 is 2.30 bits per heavy atom. The molecule has 1 saturated heterocycles. The second kappa shape index (κ2) is 6.91. The van der Waals surface area contributed by atoms with Gasteiger partial charge in [-0.1, -0.05) is 13.0 Å². The van der Waals surface area contributed by atoms with Crippen molar-refractivity contribution in [2.45, 2.75) is 26.2 Å². The van der Waals surface area contributed by atoms with Crippen molar-refractivity contribution in [3.05, 3.63) is 41.9 Å². The minimum atomic E-state index is 0.00202. The molecule has 1 N–H and O–H groups in total. The van der Waals surface area contributed by atoms with Crippen molar-refractivity contribution in [1.82, 2.24) is 19.7 Å². The van der Waals surface area contributed by atoms with E-state index in [2.05, 4.69) is 10.1 Å². The van der Waals surface area contributed by atoms with E-state index >= 15 is 0 Å². The van der Waals surface area contributed by atoms with Gasteiger partial charge in [0, 0.05) is 25.9 Å². The summed E-state index contributed by atoms with van der Waals surface area (Å²) in [6.45, 7) is 3.51. The van der Waals surface area contributed by atoms with Gasteiger partial charge in [0.15, 0.2) is 5.82 Å². The van der Waals surface area contributed by atoms with E-state index in [1.54, 1.807) is 17.1 Å². The van der Waals surface area contributed by atoms with E-state index in [0.29, 0.717) is 18.5 Å². The second-order valence-electron chi connectivity index (χ2n) is 5.90. The Morgan fingerprint density at radius 1 is 1.43 bits per heavy atom. The molecule has 122 valence electrons. The zero-order chi connectivity index (χ0) is 16.2. The minimum absolute atomic E-state index is 0.00202. The van der Waals surface area contributed by atoms with Crippen LogP contribution in [0.4, 0.5) is 0 Å².